The fraction of sp³-hybridized carbons (Fsp3) is 0.364. The van der Waals surface area contributed by atoms with Gasteiger partial charge in [-0.25, -0.2) is 0 Å². The Morgan fingerprint density at radius 1 is 1.47 bits per heavy atom. The number of carboxylic acid groups (broad SMARTS) is 1. The zero-order valence-electron chi connectivity index (χ0n) is 8.61. The molecule has 1 aliphatic rings. The first-order chi connectivity index (χ1) is 7.09. The van der Waals surface area contributed by atoms with Crippen LogP contribution in [0.1, 0.15) is 24.0 Å². The fourth-order valence-electron chi connectivity index (χ4n) is 1.64. The highest BCUT2D eigenvalue weighted by Gasteiger charge is 2.25. The molecular formula is C11H12O4. The summed E-state index contributed by atoms with van der Waals surface area (Å²) in [4.78, 5) is 10.9. The summed E-state index contributed by atoms with van der Waals surface area (Å²) in [6.07, 6.45) is 0. The van der Waals surface area contributed by atoms with Crippen LogP contribution >= 0.6 is 0 Å². The van der Waals surface area contributed by atoms with E-state index in [9.17, 15) is 4.79 Å². The number of aliphatic carboxylic acids is 1. The number of carboxylic acids is 1. The fourth-order valence-corrected chi connectivity index (χ4v) is 1.64. The summed E-state index contributed by atoms with van der Waals surface area (Å²) in [5.41, 5.74) is 1.65. The standard InChI is InChI=1S/C11H12O4/c1-6-3-8(7(2)11(12)13)10-9(4-6)14-5-15-10/h3-4,7H,5H2,1-2H3,(H,12,13). The van der Waals surface area contributed by atoms with E-state index in [2.05, 4.69) is 0 Å². The van der Waals surface area contributed by atoms with Crippen LogP contribution in [0.4, 0.5) is 0 Å². The topological polar surface area (TPSA) is 55.8 Å². The van der Waals surface area contributed by atoms with E-state index in [1.54, 1.807) is 6.92 Å². The van der Waals surface area contributed by atoms with Gasteiger partial charge in [-0.3, -0.25) is 4.79 Å². The lowest BCUT2D eigenvalue weighted by molar-refractivity contribution is -0.138. The number of ether oxygens (including phenoxy) is 2. The molecule has 4 nitrogen and oxygen atoms in total. The number of rotatable bonds is 2. The maximum Gasteiger partial charge on any atom is 0.310 e. The van der Waals surface area contributed by atoms with Crippen molar-refractivity contribution in [2.75, 3.05) is 6.79 Å². The first-order valence-corrected chi connectivity index (χ1v) is 4.72. The Bertz CT molecular complexity index is 411. The Hall–Kier alpha value is -1.71. The van der Waals surface area contributed by atoms with Crippen molar-refractivity contribution in [2.24, 2.45) is 0 Å². The van der Waals surface area contributed by atoms with E-state index >= 15 is 0 Å². The van der Waals surface area contributed by atoms with Gasteiger partial charge in [0.15, 0.2) is 11.5 Å². The molecule has 0 radical (unpaired) electrons. The van der Waals surface area contributed by atoms with Gasteiger partial charge in [-0.05, 0) is 25.5 Å². The molecule has 0 spiro atoms. The third-order valence-electron chi connectivity index (χ3n) is 2.48. The van der Waals surface area contributed by atoms with Gasteiger partial charge in [-0.15, -0.1) is 0 Å². The third kappa shape index (κ3) is 1.63. The molecule has 1 aromatic carbocycles. The van der Waals surface area contributed by atoms with E-state index in [1.165, 1.54) is 0 Å². The van der Waals surface area contributed by atoms with Crippen molar-refractivity contribution >= 4 is 5.97 Å². The van der Waals surface area contributed by atoms with Crippen LogP contribution in [-0.2, 0) is 4.79 Å². The van der Waals surface area contributed by atoms with Gasteiger partial charge in [-0.1, -0.05) is 6.07 Å². The van der Waals surface area contributed by atoms with E-state index in [1.807, 2.05) is 19.1 Å². The summed E-state index contributed by atoms with van der Waals surface area (Å²) in [7, 11) is 0. The van der Waals surface area contributed by atoms with E-state index in [0.29, 0.717) is 17.1 Å². The molecule has 1 heterocycles. The van der Waals surface area contributed by atoms with Crippen molar-refractivity contribution in [3.05, 3.63) is 23.3 Å². The Morgan fingerprint density at radius 2 is 2.20 bits per heavy atom. The van der Waals surface area contributed by atoms with Crippen molar-refractivity contribution in [3.63, 3.8) is 0 Å². The summed E-state index contributed by atoms with van der Waals surface area (Å²) in [6, 6.07) is 3.67. The highest BCUT2D eigenvalue weighted by Crippen LogP contribution is 2.40. The van der Waals surface area contributed by atoms with Crippen molar-refractivity contribution in [1.82, 2.24) is 0 Å². The van der Waals surface area contributed by atoms with Crippen LogP contribution in [0.3, 0.4) is 0 Å². The molecule has 15 heavy (non-hydrogen) atoms. The van der Waals surface area contributed by atoms with E-state index in [-0.39, 0.29) is 6.79 Å². The van der Waals surface area contributed by atoms with Crippen LogP contribution in [0.2, 0.25) is 0 Å². The largest absolute Gasteiger partial charge is 0.481 e. The highest BCUT2D eigenvalue weighted by molar-refractivity contribution is 5.77. The molecule has 0 saturated heterocycles. The second kappa shape index (κ2) is 3.46. The molecule has 0 amide bonds. The smallest absolute Gasteiger partial charge is 0.310 e. The zero-order chi connectivity index (χ0) is 11.0. The predicted molar refractivity (Wildman–Crippen MR) is 53.4 cm³/mol. The first kappa shape index (κ1) is 9.83. The van der Waals surface area contributed by atoms with Crippen LogP contribution < -0.4 is 9.47 Å². The highest BCUT2D eigenvalue weighted by atomic mass is 16.7. The minimum Gasteiger partial charge on any atom is -0.481 e. The minimum absolute atomic E-state index is 0.165. The average molecular weight is 208 g/mol. The van der Waals surface area contributed by atoms with E-state index in [0.717, 1.165) is 5.56 Å². The summed E-state index contributed by atoms with van der Waals surface area (Å²) in [5, 5.41) is 8.96. The van der Waals surface area contributed by atoms with Gasteiger partial charge in [0.1, 0.15) is 0 Å². The van der Waals surface area contributed by atoms with Gasteiger partial charge < -0.3 is 14.6 Å². The molecule has 2 rings (SSSR count). The average Bonchev–Trinajstić information content (AvgIpc) is 2.62. The number of aryl methyl sites for hydroxylation is 1. The second-order valence-electron chi connectivity index (χ2n) is 3.65. The summed E-state index contributed by atoms with van der Waals surface area (Å²) in [6.45, 7) is 3.71. The van der Waals surface area contributed by atoms with Gasteiger partial charge in [0.2, 0.25) is 6.79 Å². The molecule has 1 unspecified atom stereocenters. The first-order valence-electron chi connectivity index (χ1n) is 4.72. The molecule has 80 valence electrons. The maximum atomic E-state index is 10.9. The Morgan fingerprint density at radius 3 is 2.87 bits per heavy atom. The normalized spacial score (nSPS) is 15.1. The van der Waals surface area contributed by atoms with E-state index < -0.39 is 11.9 Å². The van der Waals surface area contributed by atoms with Crippen LogP contribution in [0.15, 0.2) is 12.1 Å². The van der Waals surface area contributed by atoms with Gasteiger partial charge >= 0.3 is 5.97 Å². The SMILES string of the molecule is Cc1cc2c(c(C(C)C(=O)O)c1)OCO2. The molecule has 0 saturated carbocycles. The summed E-state index contributed by atoms with van der Waals surface area (Å²) < 4.78 is 10.5. The number of benzene rings is 1. The zero-order valence-corrected chi connectivity index (χ0v) is 8.61. The molecule has 1 atom stereocenters. The van der Waals surface area contributed by atoms with Crippen molar-refractivity contribution in [2.45, 2.75) is 19.8 Å². The van der Waals surface area contributed by atoms with Crippen LogP contribution in [0, 0.1) is 6.92 Å². The molecule has 1 aromatic rings. The summed E-state index contributed by atoms with van der Waals surface area (Å²) in [5.74, 6) is -0.243. The van der Waals surface area contributed by atoms with Crippen LogP contribution in [0.25, 0.3) is 0 Å². The monoisotopic (exact) mass is 208 g/mol. The second-order valence-corrected chi connectivity index (χ2v) is 3.65. The van der Waals surface area contributed by atoms with Crippen LogP contribution in [-0.4, -0.2) is 17.9 Å². The van der Waals surface area contributed by atoms with Crippen molar-refractivity contribution in [3.8, 4) is 11.5 Å². The number of hydrogen-bond acceptors (Lipinski definition) is 3. The van der Waals surface area contributed by atoms with Gasteiger partial charge in [0.25, 0.3) is 0 Å². The molecule has 1 N–H and O–H groups in total. The third-order valence-corrected chi connectivity index (χ3v) is 2.48. The predicted octanol–water partition coefficient (Wildman–Crippen LogP) is 1.91. The lowest BCUT2D eigenvalue weighted by atomic mass is 9.98. The lowest BCUT2D eigenvalue weighted by Gasteiger charge is -2.10. The minimum atomic E-state index is -0.863. The van der Waals surface area contributed by atoms with Gasteiger partial charge in [-0.2, -0.15) is 0 Å². The molecule has 0 bridgehead atoms. The molecule has 4 heteroatoms. The maximum absolute atomic E-state index is 10.9. The molecule has 1 aliphatic heterocycles. The van der Waals surface area contributed by atoms with E-state index in [4.69, 9.17) is 14.6 Å². The van der Waals surface area contributed by atoms with Crippen molar-refractivity contribution in [1.29, 1.82) is 0 Å². The van der Waals surface area contributed by atoms with Crippen molar-refractivity contribution < 1.29 is 19.4 Å². The number of hydrogen-bond donors (Lipinski definition) is 1. The quantitative estimate of drug-likeness (QED) is 0.806. The molecular weight excluding hydrogens is 196 g/mol. The molecule has 0 aromatic heterocycles. The molecule has 0 fully saturated rings. The number of fused-ring (bicyclic) bond motifs is 1. The molecule has 0 aliphatic carbocycles. The van der Waals surface area contributed by atoms with Crippen LogP contribution in [0.5, 0.6) is 11.5 Å². The Kier molecular flexibility index (Phi) is 2.26. The number of carbonyl (C=O) groups is 1. The van der Waals surface area contributed by atoms with Gasteiger partial charge in [0.05, 0.1) is 5.92 Å². The Labute approximate surface area is 87.4 Å². The summed E-state index contributed by atoms with van der Waals surface area (Å²) >= 11 is 0. The van der Waals surface area contributed by atoms with Gasteiger partial charge in [0, 0.05) is 5.56 Å². The Balaban J connectivity index is 2.51. The lowest BCUT2D eigenvalue weighted by Crippen LogP contribution is -2.08.